The molecule has 4 rings (SSSR count). The summed E-state index contributed by atoms with van der Waals surface area (Å²) in [5.41, 5.74) is -0.396. The highest BCUT2D eigenvalue weighted by Crippen LogP contribution is 2.60. The van der Waals surface area contributed by atoms with Crippen molar-refractivity contribution in [3.05, 3.63) is 61.2 Å². The molecule has 0 radical (unpaired) electrons. The van der Waals surface area contributed by atoms with Crippen molar-refractivity contribution in [2.75, 3.05) is 19.7 Å². The van der Waals surface area contributed by atoms with Gasteiger partial charge in [-0.15, -0.1) is 13.2 Å². The van der Waals surface area contributed by atoms with Gasteiger partial charge in [0.2, 0.25) is 17.7 Å². The summed E-state index contributed by atoms with van der Waals surface area (Å²) in [6.45, 7) is 12.9. The van der Waals surface area contributed by atoms with Gasteiger partial charge in [0, 0.05) is 23.8 Å². The Balaban J connectivity index is 1.67. The van der Waals surface area contributed by atoms with E-state index in [1.807, 2.05) is 44.2 Å². The van der Waals surface area contributed by atoms with Crippen molar-refractivity contribution in [1.82, 2.24) is 15.1 Å². The van der Waals surface area contributed by atoms with E-state index in [0.29, 0.717) is 19.3 Å². The average Bonchev–Trinajstić information content (AvgIpc) is 3.59. The predicted octanol–water partition coefficient (Wildman–Crippen LogP) is 2.78. The number of nitrogens with one attached hydrogen (secondary N) is 1. The number of benzene rings is 1. The molecular weight excluding hydrogens is 630 g/mol. The number of nitrogens with zero attached hydrogens (tertiary/aromatic N) is 2. The molecule has 2 N–H and O–H groups in total. The van der Waals surface area contributed by atoms with E-state index < -0.39 is 53.6 Å². The molecule has 1 spiro atoms. The van der Waals surface area contributed by atoms with E-state index in [1.165, 1.54) is 4.90 Å². The van der Waals surface area contributed by atoms with Crippen molar-refractivity contribution in [3.8, 4) is 0 Å². The van der Waals surface area contributed by atoms with Gasteiger partial charge in [0.1, 0.15) is 17.7 Å². The lowest BCUT2D eigenvalue weighted by Crippen LogP contribution is -2.60. The molecular formula is C33H44BrN3O7. The van der Waals surface area contributed by atoms with Crippen LogP contribution in [0.1, 0.15) is 45.6 Å². The summed E-state index contributed by atoms with van der Waals surface area (Å²) < 4.78 is 12.4. The van der Waals surface area contributed by atoms with Gasteiger partial charge in [-0.05, 0) is 45.6 Å². The zero-order valence-electron chi connectivity index (χ0n) is 25.7. The Bertz CT molecular complexity index is 1240. The number of hydrogen-bond donors (Lipinski definition) is 2. The molecule has 240 valence electrons. The number of carbonyl (C=O) groups excluding carboxylic acids is 4. The number of halogens is 1. The summed E-state index contributed by atoms with van der Waals surface area (Å²) in [7, 11) is 0. The standard InChI is InChI=1S/C33H44BrN3O7/c1-6-8-14-25(39)35-18-21(5)43-32(42)26-27-30(40)37(23(19-38)16-22-12-10-9-11-13-22)29(31(41)36(15-7-2)20(3)4)33(27)17-24(34)28(26)44-33/h6-7,9-13,20-21,23-24,26-29,38H,1-2,8,14-19H2,3-5H3,(H,35,39)/t21-,23-,24?,26+,27-,28+,29+,33-/m1/s1. The largest absolute Gasteiger partial charge is 0.460 e. The van der Waals surface area contributed by atoms with Crippen LogP contribution in [-0.2, 0) is 35.1 Å². The van der Waals surface area contributed by atoms with Gasteiger partial charge in [-0.3, -0.25) is 19.2 Å². The normalized spacial score (nSPS) is 28.4. The second-order valence-electron chi connectivity index (χ2n) is 12.2. The zero-order valence-corrected chi connectivity index (χ0v) is 27.3. The van der Waals surface area contributed by atoms with Crippen LogP contribution in [0.3, 0.4) is 0 Å². The van der Waals surface area contributed by atoms with Crippen LogP contribution in [0.4, 0.5) is 0 Å². The van der Waals surface area contributed by atoms with Gasteiger partial charge in [0.25, 0.3) is 0 Å². The lowest BCUT2D eigenvalue weighted by Gasteiger charge is -2.40. The van der Waals surface area contributed by atoms with E-state index in [1.54, 1.807) is 24.0 Å². The van der Waals surface area contributed by atoms with Crippen LogP contribution in [-0.4, -0.2) is 99.1 Å². The molecule has 0 saturated carbocycles. The van der Waals surface area contributed by atoms with Crippen molar-refractivity contribution in [3.63, 3.8) is 0 Å². The van der Waals surface area contributed by atoms with Crippen molar-refractivity contribution >= 4 is 39.6 Å². The number of aliphatic hydroxyl groups excluding tert-OH is 1. The highest BCUT2D eigenvalue weighted by atomic mass is 79.9. The first kappa shape index (κ1) is 33.9. The fourth-order valence-corrected chi connectivity index (χ4v) is 7.84. The molecule has 0 aliphatic carbocycles. The quantitative estimate of drug-likeness (QED) is 0.167. The predicted molar refractivity (Wildman–Crippen MR) is 169 cm³/mol. The first-order valence-corrected chi connectivity index (χ1v) is 16.2. The van der Waals surface area contributed by atoms with Crippen molar-refractivity contribution in [2.45, 2.75) is 87.2 Å². The zero-order chi connectivity index (χ0) is 32.2. The van der Waals surface area contributed by atoms with Crippen LogP contribution >= 0.6 is 15.9 Å². The SMILES string of the molecule is C=CCCC(=O)NC[C@@H](C)OC(=O)[C@@H]1[C@H]2O[C@@]3(CC2Br)[C@H](C(=O)N(CC=C)C(C)C)N([C@@H](CO)Cc2ccccc2)C(=O)[C@@H]13. The third-order valence-corrected chi connectivity index (χ3v) is 9.71. The molecule has 10 nitrogen and oxygen atoms in total. The lowest BCUT2D eigenvalue weighted by molar-refractivity contribution is -0.160. The van der Waals surface area contributed by atoms with Gasteiger partial charge in [-0.1, -0.05) is 58.4 Å². The van der Waals surface area contributed by atoms with E-state index in [0.717, 1.165) is 5.56 Å². The fourth-order valence-electron chi connectivity index (χ4n) is 6.90. The third kappa shape index (κ3) is 6.50. The summed E-state index contributed by atoms with van der Waals surface area (Å²) in [5, 5.41) is 13.4. The van der Waals surface area contributed by atoms with Crippen LogP contribution in [0.5, 0.6) is 0 Å². The van der Waals surface area contributed by atoms with Gasteiger partial charge in [-0.2, -0.15) is 0 Å². The van der Waals surface area contributed by atoms with Crippen LogP contribution in [0.25, 0.3) is 0 Å². The number of amides is 3. The molecule has 3 amide bonds. The van der Waals surface area contributed by atoms with Gasteiger partial charge in [0.05, 0.1) is 37.1 Å². The van der Waals surface area contributed by atoms with Gasteiger partial charge in [-0.25, -0.2) is 0 Å². The molecule has 2 bridgehead atoms. The minimum absolute atomic E-state index is 0.114. The van der Waals surface area contributed by atoms with E-state index in [-0.39, 0.29) is 48.8 Å². The number of ether oxygens (including phenoxy) is 2. The van der Waals surface area contributed by atoms with E-state index in [4.69, 9.17) is 9.47 Å². The monoisotopic (exact) mass is 673 g/mol. The molecule has 3 fully saturated rings. The summed E-state index contributed by atoms with van der Waals surface area (Å²) in [6, 6.07) is 7.48. The minimum Gasteiger partial charge on any atom is -0.460 e. The maximum Gasteiger partial charge on any atom is 0.312 e. The molecule has 3 aliphatic rings. The second-order valence-corrected chi connectivity index (χ2v) is 13.4. The highest BCUT2D eigenvalue weighted by molar-refractivity contribution is 9.09. The van der Waals surface area contributed by atoms with Crippen LogP contribution in [0.15, 0.2) is 55.6 Å². The molecule has 8 atom stereocenters. The molecule has 1 unspecified atom stereocenters. The Hall–Kier alpha value is -3.02. The van der Waals surface area contributed by atoms with E-state index in [9.17, 15) is 24.3 Å². The Morgan fingerprint density at radius 2 is 1.93 bits per heavy atom. The number of aliphatic hydroxyl groups is 1. The first-order chi connectivity index (χ1) is 21.0. The number of esters is 1. The number of fused-ring (bicyclic) bond motifs is 1. The van der Waals surface area contributed by atoms with E-state index in [2.05, 4.69) is 34.4 Å². The smallest absolute Gasteiger partial charge is 0.312 e. The number of likely N-dealkylation sites (tertiary alicyclic amines) is 1. The van der Waals surface area contributed by atoms with E-state index >= 15 is 0 Å². The fraction of sp³-hybridized carbons (Fsp3) is 0.576. The van der Waals surface area contributed by atoms with Gasteiger partial charge < -0.3 is 29.7 Å². The summed E-state index contributed by atoms with van der Waals surface area (Å²) >= 11 is 3.68. The van der Waals surface area contributed by atoms with Gasteiger partial charge in [0.15, 0.2) is 0 Å². The number of carbonyl (C=O) groups is 4. The van der Waals surface area contributed by atoms with Crippen molar-refractivity contribution in [1.29, 1.82) is 0 Å². The Kier molecular flexibility index (Phi) is 11.1. The number of rotatable bonds is 15. The molecule has 3 saturated heterocycles. The second kappa shape index (κ2) is 14.4. The summed E-state index contributed by atoms with van der Waals surface area (Å²) in [5.74, 6) is -3.46. The number of alkyl halides is 1. The van der Waals surface area contributed by atoms with Crippen molar-refractivity contribution < 1.29 is 33.8 Å². The highest BCUT2D eigenvalue weighted by Gasteiger charge is 2.77. The maximum absolute atomic E-state index is 14.5. The Morgan fingerprint density at radius 3 is 2.55 bits per heavy atom. The van der Waals surface area contributed by atoms with Gasteiger partial charge >= 0.3 is 5.97 Å². The summed E-state index contributed by atoms with van der Waals surface area (Å²) in [4.78, 5) is 57.6. The molecule has 1 aromatic rings. The Morgan fingerprint density at radius 1 is 1.23 bits per heavy atom. The first-order valence-electron chi connectivity index (χ1n) is 15.3. The molecule has 3 aliphatic heterocycles. The third-order valence-electron chi connectivity index (χ3n) is 8.86. The number of hydrogen-bond acceptors (Lipinski definition) is 7. The van der Waals surface area contributed by atoms with Crippen molar-refractivity contribution in [2.24, 2.45) is 11.8 Å². The molecule has 3 heterocycles. The van der Waals surface area contributed by atoms with Crippen LogP contribution in [0, 0.1) is 11.8 Å². The maximum atomic E-state index is 14.5. The number of allylic oxidation sites excluding steroid dienone is 1. The average molecular weight is 675 g/mol. The Labute approximate surface area is 267 Å². The lowest BCUT2D eigenvalue weighted by atomic mass is 9.70. The summed E-state index contributed by atoms with van der Waals surface area (Å²) in [6.07, 6.45) is 3.43. The topological polar surface area (TPSA) is 125 Å². The minimum atomic E-state index is -1.29. The molecule has 0 aromatic heterocycles. The van der Waals surface area contributed by atoms with Crippen LogP contribution < -0.4 is 5.32 Å². The molecule has 11 heteroatoms. The van der Waals surface area contributed by atoms with Crippen LogP contribution in [0.2, 0.25) is 0 Å². The molecule has 1 aromatic carbocycles. The molecule has 44 heavy (non-hydrogen) atoms.